The number of nitriles is 1. The first kappa shape index (κ1) is 18.3. The Labute approximate surface area is 157 Å². The van der Waals surface area contributed by atoms with Gasteiger partial charge >= 0.3 is 0 Å². The van der Waals surface area contributed by atoms with Gasteiger partial charge in [-0.2, -0.15) is 5.26 Å². The van der Waals surface area contributed by atoms with Crippen LogP contribution in [0, 0.1) is 17.2 Å². The van der Waals surface area contributed by atoms with E-state index in [-0.39, 0.29) is 17.6 Å². The van der Waals surface area contributed by atoms with Gasteiger partial charge in [0.25, 0.3) is 0 Å². The maximum absolute atomic E-state index is 12.5. The van der Waals surface area contributed by atoms with Gasteiger partial charge in [0.15, 0.2) is 5.78 Å². The Bertz CT molecular complexity index is 802. The summed E-state index contributed by atoms with van der Waals surface area (Å²) in [5.41, 5.74) is 1.29. The molecule has 1 aliphatic rings. The molecule has 0 unspecified atom stereocenters. The summed E-state index contributed by atoms with van der Waals surface area (Å²) in [5, 5.41) is 14.2. The largest absolute Gasteiger partial charge is 0.317 e. The number of ketones is 1. The molecule has 0 atom stereocenters. The summed E-state index contributed by atoms with van der Waals surface area (Å²) in [7, 11) is 0. The minimum atomic E-state index is -0.0774. The van der Waals surface area contributed by atoms with E-state index in [0.717, 1.165) is 31.5 Å². The Kier molecular flexibility index (Phi) is 6.16. The second-order valence-electron chi connectivity index (χ2n) is 6.42. The molecule has 2 heterocycles. The van der Waals surface area contributed by atoms with Crippen molar-refractivity contribution in [3.63, 3.8) is 0 Å². The number of benzene rings is 1. The fraction of sp³-hybridized carbons (Fsp3) is 0.350. The highest BCUT2D eigenvalue weighted by atomic mass is 32.1. The maximum Gasteiger partial charge on any atom is 0.226 e. The van der Waals surface area contributed by atoms with Crippen molar-refractivity contribution in [3.8, 4) is 6.07 Å². The molecule has 6 heteroatoms. The molecule has 26 heavy (non-hydrogen) atoms. The molecule has 0 aliphatic carbocycles. The van der Waals surface area contributed by atoms with E-state index in [1.807, 2.05) is 30.3 Å². The lowest BCUT2D eigenvalue weighted by Crippen LogP contribution is -2.38. The van der Waals surface area contributed by atoms with Crippen LogP contribution in [-0.2, 0) is 4.79 Å². The average Bonchev–Trinajstić information content (AvgIpc) is 3.14. The molecular weight excluding hydrogens is 346 g/mol. The van der Waals surface area contributed by atoms with Crippen LogP contribution in [0.1, 0.15) is 35.2 Å². The average molecular weight is 367 g/mol. The van der Waals surface area contributed by atoms with E-state index in [2.05, 4.69) is 16.3 Å². The van der Waals surface area contributed by atoms with Crippen LogP contribution in [0.4, 0.5) is 5.00 Å². The minimum Gasteiger partial charge on any atom is -0.317 e. The van der Waals surface area contributed by atoms with Crippen LogP contribution in [0.2, 0.25) is 0 Å². The monoisotopic (exact) mass is 367 g/mol. The van der Waals surface area contributed by atoms with Crippen molar-refractivity contribution in [3.05, 3.63) is 52.9 Å². The molecule has 0 bridgehead atoms. The number of carbonyl (C=O) groups excluding carboxylic acids is 2. The predicted molar refractivity (Wildman–Crippen MR) is 102 cm³/mol. The van der Waals surface area contributed by atoms with Gasteiger partial charge in [0, 0.05) is 24.4 Å². The molecule has 1 N–H and O–H groups in total. The zero-order chi connectivity index (χ0) is 18.4. The molecule has 0 saturated carbocycles. The molecule has 1 aromatic carbocycles. The number of hydrogen-bond donors (Lipinski definition) is 1. The number of thiophene rings is 1. The standard InChI is InChI=1S/C20H21N3O2S/c21-14-17-9-13-26-20(17)22-18(24)8-12-23-10-6-16(7-11-23)19(25)15-4-2-1-3-5-15/h1-5,9,13,16H,6-8,10-12H2,(H,22,24). The van der Waals surface area contributed by atoms with Crippen molar-refractivity contribution in [2.75, 3.05) is 25.0 Å². The Hall–Kier alpha value is -2.49. The van der Waals surface area contributed by atoms with Crippen molar-refractivity contribution < 1.29 is 9.59 Å². The van der Waals surface area contributed by atoms with Crippen LogP contribution in [0.3, 0.4) is 0 Å². The number of hydrogen-bond acceptors (Lipinski definition) is 5. The number of amides is 1. The number of nitrogens with zero attached hydrogens (tertiary/aromatic N) is 2. The quantitative estimate of drug-likeness (QED) is 0.793. The van der Waals surface area contributed by atoms with Crippen LogP contribution in [0.15, 0.2) is 41.8 Å². The SMILES string of the molecule is N#Cc1ccsc1NC(=O)CCN1CCC(C(=O)c2ccccc2)CC1. The highest BCUT2D eigenvalue weighted by molar-refractivity contribution is 7.14. The van der Waals surface area contributed by atoms with Crippen molar-refractivity contribution in [2.45, 2.75) is 19.3 Å². The molecule has 2 aromatic rings. The number of rotatable bonds is 6. The second-order valence-corrected chi connectivity index (χ2v) is 7.34. The molecule has 1 fully saturated rings. The first-order valence-electron chi connectivity index (χ1n) is 8.76. The molecular formula is C20H21N3O2S. The van der Waals surface area contributed by atoms with Gasteiger partial charge in [0.05, 0.1) is 5.56 Å². The van der Waals surface area contributed by atoms with Crippen molar-refractivity contribution >= 4 is 28.0 Å². The van der Waals surface area contributed by atoms with E-state index < -0.39 is 0 Å². The van der Waals surface area contributed by atoms with Crippen molar-refractivity contribution in [2.24, 2.45) is 5.92 Å². The summed E-state index contributed by atoms with van der Waals surface area (Å²) in [4.78, 5) is 26.8. The van der Waals surface area contributed by atoms with Gasteiger partial charge in [-0.3, -0.25) is 9.59 Å². The number of anilines is 1. The van der Waals surface area contributed by atoms with Gasteiger partial charge in [-0.05, 0) is 37.4 Å². The Morgan fingerprint density at radius 2 is 1.92 bits per heavy atom. The Balaban J connectivity index is 1.42. The molecule has 5 nitrogen and oxygen atoms in total. The smallest absolute Gasteiger partial charge is 0.226 e. The number of carbonyl (C=O) groups is 2. The summed E-state index contributed by atoms with van der Waals surface area (Å²) < 4.78 is 0. The zero-order valence-electron chi connectivity index (χ0n) is 14.5. The van der Waals surface area contributed by atoms with E-state index in [1.165, 1.54) is 11.3 Å². The topological polar surface area (TPSA) is 73.2 Å². The van der Waals surface area contributed by atoms with E-state index in [1.54, 1.807) is 11.4 Å². The highest BCUT2D eigenvalue weighted by Crippen LogP contribution is 2.23. The minimum absolute atomic E-state index is 0.0757. The van der Waals surface area contributed by atoms with Crippen LogP contribution in [0.5, 0.6) is 0 Å². The molecule has 134 valence electrons. The summed E-state index contributed by atoms with van der Waals surface area (Å²) in [6, 6.07) is 13.2. The number of likely N-dealkylation sites (tertiary alicyclic amines) is 1. The number of nitrogens with one attached hydrogen (secondary N) is 1. The summed E-state index contributed by atoms with van der Waals surface area (Å²) in [6.45, 7) is 2.34. The van der Waals surface area contributed by atoms with Gasteiger partial charge in [-0.15, -0.1) is 11.3 Å². The summed E-state index contributed by atoms with van der Waals surface area (Å²) in [5.74, 6) is 0.225. The first-order valence-corrected chi connectivity index (χ1v) is 9.64. The van der Waals surface area contributed by atoms with Gasteiger partial charge in [-0.25, -0.2) is 0 Å². The lowest BCUT2D eigenvalue weighted by Gasteiger charge is -2.31. The number of piperidine rings is 1. The van der Waals surface area contributed by atoms with Crippen LogP contribution in [0.25, 0.3) is 0 Å². The molecule has 3 rings (SSSR count). The fourth-order valence-corrected chi connectivity index (χ4v) is 3.95. The molecule has 0 radical (unpaired) electrons. The third-order valence-corrected chi connectivity index (χ3v) is 5.54. The maximum atomic E-state index is 12.5. The molecule has 1 saturated heterocycles. The van der Waals surface area contributed by atoms with E-state index in [0.29, 0.717) is 23.5 Å². The molecule has 1 aliphatic heterocycles. The van der Waals surface area contributed by atoms with E-state index in [4.69, 9.17) is 5.26 Å². The van der Waals surface area contributed by atoms with E-state index in [9.17, 15) is 9.59 Å². The first-order chi connectivity index (χ1) is 12.7. The second kappa shape index (κ2) is 8.75. The summed E-state index contributed by atoms with van der Waals surface area (Å²) in [6.07, 6.45) is 2.05. The fourth-order valence-electron chi connectivity index (χ4n) is 3.20. The predicted octanol–water partition coefficient (Wildman–Crippen LogP) is 3.54. The van der Waals surface area contributed by atoms with Crippen molar-refractivity contribution in [1.82, 2.24) is 4.90 Å². The van der Waals surface area contributed by atoms with Gasteiger partial charge in [-0.1, -0.05) is 30.3 Å². The van der Waals surface area contributed by atoms with Gasteiger partial charge in [0.2, 0.25) is 5.91 Å². The molecule has 1 amide bonds. The van der Waals surface area contributed by atoms with Gasteiger partial charge < -0.3 is 10.2 Å². The van der Waals surface area contributed by atoms with Crippen molar-refractivity contribution in [1.29, 1.82) is 5.26 Å². The molecule has 1 aromatic heterocycles. The Morgan fingerprint density at radius 3 is 2.62 bits per heavy atom. The van der Waals surface area contributed by atoms with Crippen LogP contribution >= 0.6 is 11.3 Å². The third-order valence-electron chi connectivity index (χ3n) is 4.71. The van der Waals surface area contributed by atoms with E-state index >= 15 is 0 Å². The third kappa shape index (κ3) is 4.57. The summed E-state index contributed by atoms with van der Waals surface area (Å²) >= 11 is 1.36. The Morgan fingerprint density at radius 1 is 1.19 bits per heavy atom. The van der Waals surface area contributed by atoms with Crippen LogP contribution in [-0.4, -0.2) is 36.2 Å². The lowest BCUT2D eigenvalue weighted by molar-refractivity contribution is -0.116. The number of Topliss-reactive ketones (excluding diaryl/α,β-unsaturated/α-hetero) is 1. The molecule has 0 spiro atoms. The highest BCUT2D eigenvalue weighted by Gasteiger charge is 2.25. The normalized spacial score (nSPS) is 15.3. The van der Waals surface area contributed by atoms with Crippen LogP contribution < -0.4 is 5.32 Å². The lowest BCUT2D eigenvalue weighted by atomic mass is 9.89. The zero-order valence-corrected chi connectivity index (χ0v) is 15.3. The van der Waals surface area contributed by atoms with Gasteiger partial charge in [0.1, 0.15) is 11.1 Å².